The van der Waals surface area contributed by atoms with Gasteiger partial charge in [-0.3, -0.25) is 4.79 Å². The molecule has 17 heavy (non-hydrogen) atoms. The first-order chi connectivity index (χ1) is 7.90. The zero-order valence-corrected chi connectivity index (χ0v) is 9.88. The summed E-state index contributed by atoms with van der Waals surface area (Å²) in [5.41, 5.74) is 10.2. The first-order valence-electron chi connectivity index (χ1n) is 5.98. The van der Waals surface area contributed by atoms with E-state index < -0.39 is 18.6 Å². The molecule has 1 rings (SSSR count). The van der Waals surface area contributed by atoms with E-state index in [9.17, 15) is 9.90 Å². The van der Waals surface area contributed by atoms with Gasteiger partial charge in [-0.15, -0.1) is 0 Å². The van der Waals surface area contributed by atoms with Crippen molar-refractivity contribution in [3.8, 4) is 0 Å². The Balaban J connectivity index is 2.63. The summed E-state index contributed by atoms with van der Waals surface area (Å²) in [6, 6.07) is 0. The Morgan fingerprint density at radius 1 is 1.41 bits per heavy atom. The summed E-state index contributed by atoms with van der Waals surface area (Å²) in [5.74, 6) is -1.09. The molecule has 0 aromatic heterocycles. The standard InChI is InChI=1S/C10H21BN2O4/c12-6-8-2-1-7(3-4-11(16)17)5-10(8,13)9(14)15/h7-8,16-17H,1-6,12-13H2,(H,14,15). The number of nitrogens with two attached hydrogens (primary N) is 2. The van der Waals surface area contributed by atoms with E-state index in [2.05, 4.69) is 0 Å². The molecule has 0 aromatic carbocycles. The predicted octanol–water partition coefficient (Wildman–Crippen LogP) is -0.994. The molecule has 3 unspecified atom stereocenters. The van der Waals surface area contributed by atoms with Crippen molar-refractivity contribution in [3.63, 3.8) is 0 Å². The molecule has 3 atom stereocenters. The van der Waals surface area contributed by atoms with Gasteiger partial charge in [0, 0.05) is 0 Å². The van der Waals surface area contributed by atoms with E-state index in [4.69, 9.17) is 21.5 Å². The summed E-state index contributed by atoms with van der Waals surface area (Å²) >= 11 is 0. The Morgan fingerprint density at radius 2 is 2.06 bits per heavy atom. The minimum Gasteiger partial charge on any atom is -0.480 e. The minimum absolute atomic E-state index is 0.126. The largest absolute Gasteiger partial charge is 0.480 e. The molecular formula is C10H21BN2O4. The maximum Gasteiger partial charge on any atom is 0.451 e. The molecule has 98 valence electrons. The van der Waals surface area contributed by atoms with Gasteiger partial charge in [0.2, 0.25) is 0 Å². The number of carboxylic acid groups (broad SMARTS) is 1. The SMILES string of the molecule is NCC1CCC(CCB(O)O)CC1(N)C(=O)O. The summed E-state index contributed by atoms with van der Waals surface area (Å²) in [6.45, 7) is 0.276. The van der Waals surface area contributed by atoms with Crippen molar-refractivity contribution < 1.29 is 19.9 Å². The third kappa shape index (κ3) is 3.42. The van der Waals surface area contributed by atoms with Gasteiger partial charge in [-0.1, -0.05) is 6.42 Å². The molecule has 0 radical (unpaired) electrons. The fourth-order valence-corrected chi connectivity index (χ4v) is 2.66. The summed E-state index contributed by atoms with van der Waals surface area (Å²) in [6.07, 6.45) is 2.73. The molecule has 7 heteroatoms. The van der Waals surface area contributed by atoms with Crippen LogP contribution in [0, 0.1) is 11.8 Å². The highest BCUT2D eigenvalue weighted by molar-refractivity contribution is 6.40. The quantitative estimate of drug-likeness (QED) is 0.394. The first-order valence-corrected chi connectivity index (χ1v) is 5.98. The third-order valence-corrected chi connectivity index (χ3v) is 3.79. The number of hydrogen-bond acceptors (Lipinski definition) is 5. The van der Waals surface area contributed by atoms with Crippen molar-refractivity contribution in [1.82, 2.24) is 0 Å². The molecule has 6 nitrogen and oxygen atoms in total. The lowest BCUT2D eigenvalue weighted by atomic mass is 9.66. The molecule has 0 spiro atoms. The normalized spacial score (nSPS) is 33.4. The van der Waals surface area contributed by atoms with Crippen LogP contribution in [0.5, 0.6) is 0 Å². The number of carboxylic acids is 1. The lowest BCUT2D eigenvalue weighted by Gasteiger charge is -2.41. The van der Waals surface area contributed by atoms with Crippen molar-refractivity contribution in [3.05, 3.63) is 0 Å². The van der Waals surface area contributed by atoms with Gasteiger partial charge in [-0.05, 0) is 44.0 Å². The number of carbonyl (C=O) groups is 1. The maximum atomic E-state index is 11.2. The van der Waals surface area contributed by atoms with E-state index in [1.165, 1.54) is 0 Å². The van der Waals surface area contributed by atoms with Gasteiger partial charge in [-0.2, -0.15) is 0 Å². The zero-order valence-electron chi connectivity index (χ0n) is 9.88. The zero-order chi connectivity index (χ0) is 13.1. The Kier molecular flexibility index (Phi) is 4.94. The van der Waals surface area contributed by atoms with E-state index >= 15 is 0 Å². The Labute approximate surface area is 101 Å². The van der Waals surface area contributed by atoms with Crippen LogP contribution in [0.3, 0.4) is 0 Å². The molecule has 1 aliphatic carbocycles. The van der Waals surface area contributed by atoms with Crippen LogP contribution in [-0.4, -0.2) is 40.3 Å². The van der Waals surface area contributed by atoms with Crippen LogP contribution in [0.4, 0.5) is 0 Å². The van der Waals surface area contributed by atoms with Gasteiger partial charge in [0.05, 0.1) is 0 Å². The highest BCUT2D eigenvalue weighted by atomic mass is 16.4. The Hall–Kier alpha value is -0.625. The van der Waals surface area contributed by atoms with Crippen LogP contribution in [-0.2, 0) is 4.79 Å². The highest BCUT2D eigenvalue weighted by Crippen LogP contribution is 2.37. The lowest BCUT2D eigenvalue weighted by molar-refractivity contribution is -0.147. The Morgan fingerprint density at radius 3 is 2.53 bits per heavy atom. The van der Waals surface area contributed by atoms with Gasteiger partial charge >= 0.3 is 13.1 Å². The summed E-state index contributed by atoms with van der Waals surface area (Å²) < 4.78 is 0. The molecule has 1 aliphatic rings. The second kappa shape index (κ2) is 5.81. The van der Waals surface area contributed by atoms with Crippen LogP contribution in [0.15, 0.2) is 0 Å². The molecule has 0 heterocycles. The maximum absolute atomic E-state index is 11.2. The second-order valence-corrected chi connectivity index (χ2v) is 4.98. The lowest BCUT2D eigenvalue weighted by Crippen LogP contribution is -2.59. The fraction of sp³-hybridized carbons (Fsp3) is 0.900. The van der Waals surface area contributed by atoms with Gasteiger partial charge in [0.1, 0.15) is 5.54 Å². The Bertz CT molecular complexity index is 277. The van der Waals surface area contributed by atoms with Crippen LogP contribution >= 0.6 is 0 Å². The topological polar surface area (TPSA) is 130 Å². The van der Waals surface area contributed by atoms with E-state index in [1.807, 2.05) is 0 Å². The van der Waals surface area contributed by atoms with Gasteiger partial charge in [-0.25, -0.2) is 0 Å². The van der Waals surface area contributed by atoms with Crippen molar-refractivity contribution in [1.29, 1.82) is 0 Å². The van der Waals surface area contributed by atoms with Crippen molar-refractivity contribution >= 4 is 13.1 Å². The minimum atomic E-state index is -1.33. The summed E-state index contributed by atoms with van der Waals surface area (Å²) in [7, 11) is -1.33. The third-order valence-electron chi connectivity index (χ3n) is 3.79. The molecule has 0 aromatic rings. The monoisotopic (exact) mass is 244 g/mol. The molecule has 7 N–H and O–H groups in total. The highest BCUT2D eigenvalue weighted by Gasteiger charge is 2.46. The summed E-state index contributed by atoms with van der Waals surface area (Å²) in [5, 5.41) is 26.8. The average molecular weight is 244 g/mol. The van der Waals surface area contributed by atoms with E-state index in [0.717, 1.165) is 6.42 Å². The molecule has 0 bridgehead atoms. The van der Waals surface area contributed by atoms with E-state index in [-0.39, 0.29) is 24.7 Å². The molecule has 0 aliphatic heterocycles. The van der Waals surface area contributed by atoms with Crippen LogP contribution in [0.2, 0.25) is 6.32 Å². The smallest absolute Gasteiger partial charge is 0.451 e. The van der Waals surface area contributed by atoms with Crippen LogP contribution in [0.1, 0.15) is 25.7 Å². The van der Waals surface area contributed by atoms with E-state index in [0.29, 0.717) is 19.3 Å². The van der Waals surface area contributed by atoms with Crippen molar-refractivity contribution in [2.75, 3.05) is 6.54 Å². The second-order valence-electron chi connectivity index (χ2n) is 4.98. The number of rotatable bonds is 5. The van der Waals surface area contributed by atoms with Crippen LogP contribution < -0.4 is 11.5 Å². The van der Waals surface area contributed by atoms with Crippen molar-refractivity contribution in [2.45, 2.75) is 37.5 Å². The van der Waals surface area contributed by atoms with Crippen molar-refractivity contribution in [2.24, 2.45) is 23.3 Å². The molecule has 0 saturated heterocycles. The fourth-order valence-electron chi connectivity index (χ4n) is 2.66. The number of aliphatic carboxylic acids is 1. The average Bonchev–Trinajstić information content (AvgIpc) is 2.26. The van der Waals surface area contributed by atoms with Gasteiger partial charge < -0.3 is 26.6 Å². The van der Waals surface area contributed by atoms with Crippen LogP contribution in [0.25, 0.3) is 0 Å². The van der Waals surface area contributed by atoms with E-state index in [1.54, 1.807) is 0 Å². The molecular weight excluding hydrogens is 223 g/mol. The molecule has 1 fully saturated rings. The van der Waals surface area contributed by atoms with Gasteiger partial charge in [0.25, 0.3) is 0 Å². The number of hydrogen-bond donors (Lipinski definition) is 5. The summed E-state index contributed by atoms with van der Waals surface area (Å²) in [4.78, 5) is 11.2. The predicted molar refractivity (Wildman–Crippen MR) is 64.1 cm³/mol. The molecule has 1 saturated carbocycles. The first kappa shape index (κ1) is 14.4. The van der Waals surface area contributed by atoms with Gasteiger partial charge in [0.15, 0.2) is 0 Å². The molecule has 0 amide bonds.